The van der Waals surface area contributed by atoms with Crippen LogP contribution in [0.4, 0.5) is 11.4 Å². The molecule has 2 rings (SSSR count). The van der Waals surface area contributed by atoms with Crippen LogP contribution in [0.15, 0.2) is 12.1 Å². The van der Waals surface area contributed by atoms with Gasteiger partial charge < -0.3 is 14.7 Å². The van der Waals surface area contributed by atoms with Gasteiger partial charge >= 0.3 is 5.97 Å². The highest BCUT2D eigenvalue weighted by Crippen LogP contribution is 2.29. The Labute approximate surface area is 109 Å². The molecule has 7 heteroatoms. The highest BCUT2D eigenvalue weighted by molar-refractivity contribution is 5.95. The molecular weight excluding hydrogens is 252 g/mol. The smallest absolute Gasteiger partial charge is 0.338 e. The van der Waals surface area contributed by atoms with Crippen LogP contribution < -0.4 is 4.90 Å². The number of nitrogens with zero attached hydrogens (tertiary/aromatic N) is 2. The minimum Gasteiger partial charge on any atom is -0.478 e. The molecule has 1 saturated heterocycles. The Kier molecular flexibility index (Phi) is 3.66. The number of carbonyl (C=O) groups is 1. The van der Waals surface area contributed by atoms with Crippen molar-refractivity contribution in [3.63, 3.8) is 0 Å². The third-order valence-electron chi connectivity index (χ3n) is 3.09. The second-order valence-corrected chi connectivity index (χ2v) is 4.32. The molecule has 1 heterocycles. The monoisotopic (exact) mass is 266 g/mol. The van der Waals surface area contributed by atoms with Gasteiger partial charge in [-0.15, -0.1) is 0 Å². The maximum absolute atomic E-state index is 11.3. The molecule has 1 N–H and O–H groups in total. The van der Waals surface area contributed by atoms with E-state index in [0.29, 0.717) is 37.6 Å². The number of benzene rings is 1. The van der Waals surface area contributed by atoms with Crippen molar-refractivity contribution in [3.8, 4) is 0 Å². The van der Waals surface area contributed by atoms with E-state index >= 15 is 0 Å². The largest absolute Gasteiger partial charge is 0.478 e. The molecule has 0 atom stereocenters. The summed E-state index contributed by atoms with van der Waals surface area (Å²) >= 11 is 0. The molecule has 0 aromatic heterocycles. The molecule has 0 bridgehead atoms. The molecule has 7 nitrogen and oxygen atoms in total. The summed E-state index contributed by atoms with van der Waals surface area (Å²) in [4.78, 5) is 23.4. The average molecular weight is 266 g/mol. The number of ether oxygens (including phenoxy) is 1. The molecule has 0 amide bonds. The molecule has 0 saturated carbocycles. The summed E-state index contributed by atoms with van der Waals surface area (Å²) in [6.07, 6.45) is 0. The lowest BCUT2D eigenvalue weighted by atomic mass is 10.1. The molecule has 0 unspecified atom stereocenters. The van der Waals surface area contributed by atoms with Gasteiger partial charge in [0.25, 0.3) is 5.69 Å². The van der Waals surface area contributed by atoms with Gasteiger partial charge in [0.1, 0.15) is 0 Å². The summed E-state index contributed by atoms with van der Waals surface area (Å²) in [5.41, 5.74) is 0.754. The molecule has 1 aliphatic heterocycles. The van der Waals surface area contributed by atoms with Crippen molar-refractivity contribution in [2.24, 2.45) is 0 Å². The number of anilines is 1. The number of hydrogen-bond donors (Lipinski definition) is 1. The van der Waals surface area contributed by atoms with Crippen molar-refractivity contribution in [1.29, 1.82) is 0 Å². The Balaban J connectivity index is 2.49. The number of carboxylic acid groups (broad SMARTS) is 1. The quantitative estimate of drug-likeness (QED) is 0.657. The zero-order valence-electron chi connectivity index (χ0n) is 10.5. The summed E-state index contributed by atoms with van der Waals surface area (Å²) < 4.78 is 5.22. The van der Waals surface area contributed by atoms with E-state index in [1.807, 2.05) is 4.90 Å². The minimum absolute atomic E-state index is 0.0424. The Morgan fingerprint density at radius 3 is 2.58 bits per heavy atom. The van der Waals surface area contributed by atoms with Crippen LogP contribution in [-0.4, -0.2) is 42.3 Å². The van der Waals surface area contributed by atoms with Gasteiger partial charge in [0.15, 0.2) is 0 Å². The minimum atomic E-state index is -1.16. The second-order valence-electron chi connectivity index (χ2n) is 4.32. The van der Waals surface area contributed by atoms with E-state index in [2.05, 4.69) is 0 Å². The van der Waals surface area contributed by atoms with Crippen LogP contribution in [0.2, 0.25) is 0 Å². The fraction of sp³-hybridized carbons (Fsp3) is 0.417. The van der Waals surface area contributed by atoms with Gasteiger partial charge in [0, 0.05) is 24.7 Å². The van der Waals surface area contributed by atoms with Crippen LogP contribution >= 0.6 is 0 Å². The zero-order chi connectivity index (χ0) is 14.0. The van der Waals surface area contributed by atoms with E-state index in [4.69, 9.17) is 4.74 Å². The van der Waals surface area contributed by atoms with Gasteiger partial charge in [0.05, 0.1) is 29.4 Å². The van der Waals surface area contributed by atoms with Crippen LogP contribution in [0.5, 0.6) is 0 Å². The molecular formula is C12H14N2O5. The van der Waals surface area contributed by atoms with Crippen LogP contribution in [-0.2, 0) is 4.74 Å². The van der Waals surface area contributed by atoms with E-state index in [-0.39, 0.29) is 11.3 Å². The highest BCUT2D eigenvalue weighted by atomic mass is 16.6. The third-order valence-corrected chi connectivity index (χ3v) is 3.09. The van der Waals surface area contributed by atoms with Gasteiger partial charge in [-0.2, -0.15) is 0 Å². The highest BCUT2D eigenvalue weighted by Gasteiger charge is 2.23. The maximum Gasteiger partial charge on any atom is 0.338 e. The van der Waals surface area contributed by atoms with E-state index in [0.717, 1.165) is 6.07 Å². The number of hydrogen-bond acceptors (Lipinski definition) is 5. The number of aryl methyl sites for hydroxylation is 1. The van der Waals surface area contributed by atoms with E-state index in [1.165, 1.54) is 0 Å². The first-order valence-electron chi connectivity index (χ1n) is 5.85. The lowest BCUT2D eigenvalue weighted by molar-refractivity contribution is -0.385. The number of morpholine rings is 1. The summed E-state index contributed by atoms with van der Waals surface area (Å²) in [5.74, 6) is -1.16. The number of aromatic carboxylic acids is 1. The van der Waals surface area contributed by atoms with Gasteiger partial charge in [0.2, 0.25) is 0 Å². The SMILES string of the molecule is Cc1cc(N2CCOCC2)c(C(=O)O)cc1[N+](=O)[O-]. The molecule has 1 fully saturated rings. The van der Waals surface area contributed by atoms with E-state index in [1.54, 1.807) is 13.0 Å². The van der Waals surface area contributed by atoms with Crippen LogP contribution in [0, 0.1) is 17.0 Å². The van der Waals surface area contributed by atoms with Gasteiger partial charge in [-0.1, -0.05) is 0 Å². The van der Waals surface area contributed by atoms with Crippen molar-refractivity contribution in [1.82, 2.24) is 0 Å². The number of carboxylic acids is 1. The first-order valence-corrected chi connectivity index (χ1v) is 5.85. The molecule has 0 spiro atoms. The summed E-state index contributed by atoms with van der Waals surface area (Å²) in [7, 11) is 0. The van der Waals surface area contributed by atoms with Gasteiger partial charge in [-0.05, 0) is 13.0 Å². The fourth-order valence-electron chi connectivity index (χ4n) is 2.12. The standard InChI is InChI=1S/C12H14N2O5/c1-8-6-11(13-2-4-19-5-3-13)9(12(15)16)7-10(8)14(17)18/h6-7H,2-5H2,1H3,(H,15,16). The Morgan fingerprint density at radius 1 is 1.42 bits per heavy atom. The number of nitro benzene ring substituents is 1. The van der Waals surface area contributed by atoms with Crippen LogP contribution in [0.3, 0.4) is 0 Å². The van der Waals surface area contributed by atoms with Crippen molar-refractivity contribution < 1.29 is 19.6 Å². The van der Waals surface area contributed by atoms with Crippen LogP contribution in [0.25, 0.3) is 0 Å². The lowest BCUT2D eigenvalue weighted by Gasteiger charge is -2.30. The first kappa shape index (κ1) is 13.3. The molecule has 0 radical (unpaired) electrons. The molecule has 1 aliphatic rings. The second kappa shape index (κ2) is 5.23. The molecule has 1 aromatic rings. The predicted molar refractivity (Wildman–Crippen MR) is 67.8 cm³/mol. The van der Waals surface area contributed by atoms with Crippen molar-refractivity contribution in [2.45, 2.75) is 6.92 Å². The molecule has 1 aromatic carbocycles. The van der Waals surface area contributed by atoms with Crippen LogP contribution in [0.1, 0.15) is 15.9 Å². The number of rotatable bonds is 3. The molecule has 102 valence electrons. The molecule has 0 aliphatic carbocycles. The first-order chi connectivity index (χ1) is 9.00. The van der Waals surface area contributed by atoms with Crippen molar-refractivity contribution in [2.75, 3.05) is 31.2 Å². The van der Waals surface area contributed by atoms with Gasteiger partial charge in [-0.25, -0.2) is 4.79 Å². The Hall–Kier alpha value is -2.15. The zero-order valence-corrected chi connectivity index (χ0v) is 10.5. The average Bonchev–Trinajstić information content (AvgIpc) is 2.38. The molecule has 19 heavy (non-hydrogen) atoms. The van der Waals surface area contributed by atoms with Crippen molar-refractivity contribution >= 4 is 17.3 Å². The Morgan fingerprint density at radius 2 is 2.05 bits per heavy atom. The number of nitro groups is 1. The summed E-state index contributed by atoms with van der Waals surface area (Å²) in [5, 5.41) is 20.1. The third kappa shape index (κ3) is 2.65. The normalized spacial score (nSPS) is 15.3. The fourth-order valence-corrected chi connectivity index (χ4v) is 2.12. The Bertz CT molecular complexity index is 523. The lowest BCUT2D eigenvalue weighted by Crippen LogP contribution is -2.37. The summed E-state index contributed by atoms with van der Waals surface area (Å²) in [6, 6.07) is 2.69. The van der Waals surface area contributed by atoms with Gasteiger partial charge in [-0.3, -0.25) is 10.1 Å². The maximum atomic E-state index is 11.3. The predicted octanol–water partition coefficient (Wildman–Crippen LogP) is 1.44. The summed E-state index contributed by atoms with van der Waals surface area (Å²) in [6.45, 7) is 3.81. The van der Waals surface area contributed by atoms with E-state index in [9.17, 15) is 20.0 Å². The van der Waals surface area contributed by atoms with E-state index < -0.39 is 10.9 Å². The topological polar surface area (TPSA) is 92.9 Å². The van der Waals surface area contributed by atoms with Crippen molar-refractivity contribution in [3.05, 3.63) is 33.4 Å².